The summed E-state index contributed by atoms with van der Waals surface area (Å²) in [5, 5.41) is 0. The highest BCUT2D eigenvalue weighted by Gasteiger charge is 2.37. The van der Waals surface area contributed by atoms with Crippen molar-refractivity contribution in [2.24, 2.45) is 0 Å². The van der Waals surface area contributed by atoms with Crippen LogP contribution >= 0.6 is 0 Å². The molecular formula is C25H26N4O2. The molecule has 2 aliphatic rings. The Kier molecular flexibility index (Phi) is 5.30. The van der Waals surface area contributed by atoms with Crippen LogP contribution in [0.2, 0.25) is 0 Å². The number of nitrogens with zero attached hydrogens (tertiary/aromatic N) is 3. The smallest absolute Gasteiger partial charge is 0.270 e. The lowest BCUT2D eigenvalue weighted by molar-refractivity contribution is 0.00844. The Morgan fingerprint density at radius 2 is 1.39 bits per heavy atom. The number of aromatic amines is 1. The van der Waals surface area contributed by atoms with Gasteiger partial charge < -0.3 is 14.8 Å². The Morgan fingerprint density at radius 3 is 2.03 bits per heavy atom. The molecule has 0 radical (unpaired) electrons. The molecule has 0 saturated carbocycles. The number of H-pyrrole nitrogens is 1. The fraction of sp³-hybridized carbons (Fsp3) is 0.280. The second-order valence-corrected chi connectivity index (χ2v) is 8.22. The third-order valence-electron chi connectivity index (χ3n) is 6.33. The Bertz CT molecular complexity index is 1030. The van der Waals surface area contributed by atoms with Gasteiger partial charge in [-0.1, -0.05) is 42.5 Å². The molecule has 2 fully saturated rings. The molecular weight excluding hydrogens is 388 g/mol. The van der Waals surface area contributed by atoms with E-state index in [1.807, 2.05) is 64.4 Å². The molecule has 1 N–H and O–H groups in total. The summed E-state index contributed by atoms with van der Waals surface area (Å²) in [5.74, 6) is 0.158. The minimum absolute atomic E-state index is 0.0639. The standard InChI is InChI=1S/C25H26N4O2/c30-24(21-10-8-20(9-11-21)19-5-2-1-3-6-19)29-17-22(18-29)27-13-15-28(16-14-27)25(31)23-7-4-12-26-23/h1-12,22,26H,13-18H2. The van der Waals surface area contributed by atoms with E-state index in [0.717, 1.165) is 56.0 Å². The second-order valence-electron chi connectivity index (χ2n) is 8.22. The number of aromatic nitrogens is 1. The number of amides is 2. The number of hydrogen-bond donors (Lipinski definition) is 1. The summed E-state index contributed by atoms with van der Waals surface area (Å²) in [6.07, 6.45) is 1.78. The van der Waals surface area contributed by atoms with E-state index in [1.165, 1.54) is 0 Å². The van der Waals surface area contributed by atoms with Crippen molar-refractivity contribution in [3.8, 4) is 11.1 Å². The zero-order valence-corrected chi connectivity index (χ0v) is 17.4. The summed E-state index contributed by atoms with van der Waals surface area (Å²) in [7, 11) is 0. The summed E-state index contributed by atoms with van der Waals surface area (Å²) < 4.78 is 0. The van der Waals surface area contributed by atoms with Crippen LogP contribution in [0.1, 0.15) is 20.8 Å². The van der Waals surface area contributed by atoms with Crippen LogP contribution in [0.5, 0.6) is 0 Å². The molecule has 0 spiro atoms. The van der Waals surface area contributed by atoms with Crippen LogP contribution in [0, 0.1) is 0 Å². The second kappa shape index (κ2) is 8.40. The molecule has 2 aromatic carbocycles. The van der Waals surface area contributed by atoms with Gasteiger partial charge in [0.25, 0.3) is 11.8 Å². The molecule has 31 heavy (non-hydrogen) atoms. The summed E-state index contributed by atoms with van der Waals surface area (Å²) >= 11 is 0. The fourth-order valence-corrected chi connectivity index (χ4v) is 4.39. The SMILES string of the molecule is O=C(c1ccc(-c2ccccc2)cc1)N1CC(N2CCN(C(=O)c3ccc[nH]3)CC2)C1. The van der Waals surface area contributed by atoms with E-state index in [9.17, 15) is 9.59 Å². The lowest BCUT2D eigenvalue weighted by Crippen LogP contribution is -2.64. The molecule has 0 aliphatic carbocycles. The van der Waals surface area contributed by atoms with Gasteiger partial charge in [-0.2, -0.15) is 0 Å². The van der Waals surface area contributed by atoms with Gasteiger partial charge >= 0.3 is 0 Å². The Hall–Kier alpha value is -3.38. The lowest BCUT2D eigenvalue weighted by atomic mass is 10.0. The van der Waals surface area contributed by atoms with E-state index in [2.05, 4.69) is 22.0 Å². The molecule has 3 aromatic rings. The van der Waals surface area contributed by atoms with Crippen LogP contribution in [0.3, 0.4) is 0 Å². The molecule has 2 amide bonds. The highest BCUT2D eigenvalue weighted by molar-refractivity contribution is 5.95. The number of carbonyl (C=O) groups excluding carboxylic acids is 2. The lowest BCUT2D eigenvalue weighted by Gasteiger charge is -2.48. The highest BCUT2D eigenvalue weighted by Crippen LogP contribution is 2.23. The maximum atomic E-state index is 12.8. The van der Waals surface area contributed by atoms with E-state index >= 15 is 0 Å². The van der Waals surface area contributed by atoms with Crippen molar-refractivity contribution in [2.75, 3.05) is 39.3 Å². The number of benzene rings is 2. The van der Waals surface area contributed by atoms with E-state index in [-0.39, 0.29) is 11.8 Å². The molecule has 2 aliphatic heterocycles. The van der Waals surface area contributed by atoms with Crippen molar-refractivity contribution < 1.29 is 9.59 Å². The van der Waals surface area contributed by atoms with Crippen molar-refractivity contribution >= 4 is 11.8 Å². The number of nitrogens with one attached hydrogen (secondary N) is 1. The Balaban J connectivity index is 1.12. The van der Waals surface area contributed by atoms with Crippen LogP contribution < -0.4 is 0 Å². The van der Waals surface area contributed by atoms with Gasteiger partial charge in [0.1, 0.15) is 5.69 Å². The van der Waals surface area contributed by atoms with Gasteiger partial charge in [0.2, 0.25) is 0 Å². The molecule has 158 valence electrons. The fourth-order valence-electron chi connectivity index (χ4n) is 4.39. The van der Waals surface area contributed by atoms with Crippen LogP contribution in [0.25, 0.3) is 11.1 Å². The average molecular weight is 415 g/mol. The quantitative estimate of drug-likeness (QED) is 0.714. The minimum atomic E-state index is 0.0639. The number of carbonyl (C=O) groups is 2. The predicted octanol–water partition coefficient (Wildman–Crippen LogP) is 2.96. The van der Waals surface area contributed by atoms with Gasteiger partial charge in [-0.15, -0.1) is 0 Å². The van der Waals surface area contributed by atoms with Gasteiger partial charge in [0.05, 0.1) is 0 Å². The van der Waals surface area contributed by atoms with E-state index in [1.54, 1.807) is 6.20 Å². The topological polar surface area (TPSA) is 59.7 Å². The molecule has 1 aromatic heterocycles. The van der Waals surface area contributed by atoms with Gasteiger partial charge in [0, 0.05) is 57.1 Å². The zero-order chi connectivity index (χ0) is 21.2. The number of hydrogen-bond acceptors (Lipinski definition) is 3. The Morgan fingerprint density at radius 1 is 0.710 bits per heavy atom. The predicted molar refractivity (Wildman–Crippen MR) is 120 cm³/mol. The molecule has 2 saturated heterocycles. The summed E-state index contributed by atoms with van der Waals surface area (Å²) in [6.45, 7) is 4.66. The number of piperazine rings is 1. The summed E-state index contributed by atoms with van der Waals surface area (Å²) in [5.41, 5.74) is 3.65. The number of rotatable bonds is 4. The van der Waals surface area contributed by atoms with Gasteiger partial charge in [-0.05, 0) is 35.4 Å². The normalized spacial score (nSPS) is 17.4. The first kappa shape index (κ1) is 19.6. The maximum Gasteiger partial charge on any atom is 0.270 e. The zero-order valence-electron chi connectivity index (χ0n) is 17.4. The van der Waals surface area contributed by atoms with Crippen LogP contribution in [0.4, 0.5) is 0 Å². The van der Waals surface area contributed by atoms with E-state index < -0.39 is 0 Å². The first-order chi connectivity index (χ1) is 15.2. The van der Waals surface area contributed by atoms with Crippen LogP contribution in [-0.2, 0) is 0 Å². The van der Waals surface area contributed by atoms with Crippen molar-refractivity contribution in [3.05, 3.63) is 84.2 Å². The molecule has 0 unspecified atom stereocenters. The largest absolute Gasteiger partial charge is 0.357 e. The highest BCUT2D eigenvalue weighted by atomic mass is 16.2. The van der Waals surface area contributed by atoms with Crippen molar-refractivity contribution in [2.45, 2.75) is 6.04 Å². The Labute approximate surface area is 182 Å². The van der Waals surface area contributed by atoms with E-state index in [4.69, 9.17) is 0 Å². The molecule has 5 rings (SSSR count). The van der Waals surface area contributed by atoms with E-state index in [0.29, 0.717) is 11.7 Å². The number of likely N-dealkylation sites (tertiary alicyclic amines) is 1. The van der Waals surface area contributed by atoms with Crippen molar-refractivity contribution in [3.63, 3.8) is 0 Å². The van der Waals surface area contributed by atoms with Crippen LogP contribution in [0.15, 0.2) is 72.9 Å². The van der Waals surface area contributed by atoms with Crippen molar-refractivity contribution in [1.29, 1.82) is 0 Å². The van der Waals surface area contributed by atoms with Crippen molar-refractivity contribution in [1.82, 2.24) is 19.7 Å². The summed E-state index contributed by atoms with van der Waals surface area (Å²) in [4.78, 5) is 34.5. The minimum Gasteiger partial charge on any atom is -0.357 e. The third kappa shape index (κ3) is 3.99. The molecule has 3 heterocycles. The molecule has 6 nitrogen and oxygen atoms in total. The third-order valence-corrected chi connectivity index (χ3v) is 6.33. The van der Waals surface area contributed by atoms with Gasteiger partial charge in [0.15, 0.2) is 0 Å². The van der Waals surface area contributed by atoms with Gasteiger partial charge in [-0.3, -0.25) is 14.5 Å². The van der Waals surface area contributed by atoms with Crippen LogP contribution in [-0.4, -0.2) is 76.8 Å². The van der Waals surface area contributed by atoms with Gasteiger partial charge in [-0.25, -0.2) is 0 Å². The summed E-state index contributed by atoms with van der Waals surface area (Å²) in [6, 6.07) is 22.1. The molecule has 0 bridgehead atoms. The molecule has 6 heteroatoms. The first-order valence-electron chi connectivity index (χ1n) is 10.8. The molecule has 0 atom stereocenters. The monoisotopic (exact) mass is 414 g/mol. The average Bonchev–Trinajstić information content (AvgIpc) is 3.34. The first-order valence-corrected chi connectivity index (χ1v) is 10.8. The maximum absolute atomic E-state index is 12.8.